The lowest BCUT2D eigenvalue weighted by molar-refractivity contribution is 3.19. The smallest absolute Gasteiger partial charge is 0 e. The quantitative estimate of drug-likeness (QED) is 0.115. The van der Waals surface area contributed by atoms with Crippen LogP contribution >= 0.6 is 0 Å². The van der Waals surface area contributed by atoms with Crippen molar-refractivity contribution in [3.05, 3.63) is 0 Å². The molecular weight excluding hydrogens is 530 g/mol. The van der Waals surface area contributed by atoms with Crippen molar-refractivity contribution in [3.8, 4) is 0 Å². The first-order chi connectivity index (χ1) is 22.3. The molecule has 0 spiro atoms. The van der Waals surface area contributed by atoms with E-state index >= 15 is 0 Å². The molecule has 0 fully saturated rings. The lowest BCUT2D eigenvalue weighted by atomic mass is 8.25. The van der Waals surface area contributed by atoms with Gasteiger partial charge in [-0.25, -0.2) is 0 Å². The van der Waals surface area contributed by atoms with E-state index in [0.717, 1.165) is 0 Å². The Kier molecular flexibility index (Phi) is 25.6. The molecule has 0 aliphatic rings. The van der Waals surface area contributed by atoms with Gasteiger partial charge >= 0.3 is 0 Å². The summed E-state index contributed by atoms with van der Waals surface area (Å²) >= 11 is 0. The maximum atomic E-state index is 6.54. The van der Waals surface area contributed by atoms with Gasteiger partial charge in [0.1, 0.15) is 0 Å². The van der Waals surface area contributed by atoms with Crippen LogP contribution in [0.2, 0.25) is 0 Å². The van der Waals surface area contributed by atoms with Crippen LogP contribution in [0.5, 0.6) is 0 Å². The Morgan fingerprint density at radius 1 is 0.184 bits per heavy atom. The molecule has 0 amide bonds. The largest absolute Gasteiger partial charge is 0 e. The first-order valence-corrected chi connectivity index (χ1v) is 16.0. The van der Waals surface area contributed by atoms with Crippen molar-refractivity contribution in [2.45, 2.75) is 0 Å². The summed E-state index contributed by atoms with van der Waals surface area (Å²) in [6, 6.07) is 0. The van der Waals surface area contributed by atoms with E-state index in [1.165, 1.54) is 7.06 Å². The van der Waals surface area contributed by atoms with Gasteiger partial charge in [0.15, 0.2) is 0 Å². The van der Waals surface area contributed by atoms with E-state index in [0.29, 0.717) is 0 Å². The van der Waals surface area contributed by atoms with Crippen LogP contribution in [-0.4, -0.2) is 347 Å². The monoisotopic (exact) mass is 539 g/mol. The van der Waals surface area contributed by atoms with Crippen LogP contribution in [0.1, 0.15) is 0 Å². The molecule has 0 saturated carbocycles. The second-order valence-corrected chi connectivity index (χ2v) is 13.5. The molecular formula is B49. The molecule has 0 aliphatic carbocycles. The van der Waals surface area contributed by atoms with Gasteiger partial charge in [-0.15, -0.1) is 0 Å². The molecule has 0 heterocycles. The fraction of sp³-hybridized carbons (Fsp3) is 0. The number of hydrogen-bond acceptors (Lipinski definition) is 0. The lowest BCUT2D eigenvalue weighted by Gasteiger charge is -2.56. The van der Waals surface area contributed by atoms with E-state index in [-0.39, 0.29) is 0 Å². The van der Waals surface area contributed by atoms with E-state index in [1.54, 1.807) is 0 Å². The zero-order valence-corrected chi connectivity index (χ0v) is 28.3. The summed E-state index contributed by atoms with van der Waals surface area (Å²) in [4.78, 5) is 0. The minimum Gasteiger partial charge on any atom is 0 e. The van der Waals surface area contributed by atoms with Gasteiger partial charge in [-0.3, -0.25) is 0 Å². The summed E-state index contributed by atoms with van der Waals surface area (Å²) in [5.74, 6) is 0. The Labute approximate surface area is 344 Å². The van der Waals surface area contributed by atoms with E-state index in [2.05, 4.69) is 0 Å². The van der Waals surface area contributed by atoms with E-state index in [9.17, 15) is 0 Å². The maximum absolute atomic E-state index is 6.54. The Morgan fingerprint density at radius 2 is 0.327 bits per heavy atom. The topological polar surface area (TPSA) is 0 Å². The zero-order chi connectivity index (χ0) is 39.0. The molecule has 51 radical (unpaired) electrons. The number of hydrogen-bond donors (Lipinski definition) is 0. The van der Waals surface area contributed by atoms with Crippen LogP contribution in [0.15, 0.2) is 0 Å². The minimum absolute atomic E-state index is 1.02. The van der Waals surface area contributed by atoms with Gasteiger partial charge in [0, 0.05) is 347 Å². The molecule has 49 heavy (non-hydrogen) atoms. The summed E-state index contributed by atoms with van der Waals surface area (Å²) in [7, 11) is 161. The van der Waals surface area contributed by atoms with Gasteiger partial charge in [-0.05, 0) is 0 Å². The average Bonchev–Trinajstić information content (AvgIpc) is 2.88. The summed E-state index contributed by atoms with van der Waals surface area (Å²) in [6.07, 6.45) is -28.7. The van der Waals surface area contributed by atoms with Crippen molar-refractivity contribution < 1.29 is 0 Å². The second-order valence-electron chi connectivity index (χ2n) is 13.5. The van der Waals surface area contributed by atoms with Crippen molar-refractivity contribution in [2.75, 3.05) is 0 Å². The SMILES string of the molecule is [B][B]B(B([B])[B])B(B([B])[B])B(B(B([B])[B])B([B])[B])B(B(B(B([B])[B])B([B])[B])B(B([B])[B])B([B])[B])B(B(B([B])[B])B([B])[B])B(B([B])[B])B([B])[B]. The van der Waals surface area contributed by atoms with Gasteiger partial charge in [-0.2, -0.15) is 0 Å². The highest BCUT2D eigenvalue weighted by Crippen LogP contribution is 2.21. The highest BCUT2D eigenvalue weighted by atomic mass is 13.4. The van der Waals surface area contributed by atoms with Crippen molar-refractivity contribution in [3.63, 3.8) is 0 Å². The molecule has 0 atom stereocenters. The predicted molar refractivity (Wildman–Crippen MR) is 282 cm³/mol. The van der Waals surface area contributed by atoms with Crippen molar-refractivity contribution >= 4 is 347 Å². The molecule has 49 heteroatoms. The summed E-state index contributed by atoms with van der Waals surface area (Å²) in [5, 5.41) is 0. The first-order valence-electron chi connectivity index (χ1n) is 16.0. The van der Waals surface area contributed by atoms with Crippen LogP contribution < -0.4 is 0 Å². The molecule has 0 saturated heterocycles. The maximum Gasteiger partial charge on any atom is 0 e. The molecule has 0 aliphatic heterocycles. The molecule has 0 rings (SSSR count). The molecule has 0 bridgehead atoms. The van der Waals surface area contributed by atoms with Gasteiger partial charge in [0.2, 0.25) is 0 Å². The average molecular weight is 530 g/mol. The fourth-order valence-electron chi connectivity index (χ4n) is 8.21. The normalized spacial score (nSPS) is 9.63. The standard InChI is InChI=1S/B49/c1-26-39(27(2)3)45(38(24)25)48(44(36(20)21)37(22)23)49(46(40(28(4)5)29(6)7)41(30(8)9)31(10)11)47(42(32(12)13)33(14)15)43(34(16)17)35(18)19. The second kappa shape index (κ2) is 24.1. The summed E-state index contributed by atoms with van der Waals surface area (Å²) in [6.45, 7) is 0. The number of rotatable bonds is 23. The lowest BCUT2D eigenvalue weighted by Crippen LogP contribution is -2.95. The van der Waals surface area contributed by atoms with Crippen molar-refractivity contribution in [1.29, 1.82) is 0 Å². The van der Waals surface area contributed by atoms with Crippen molar-refractivity contribution in [1.82, 2.24) is 0 Å². The third-order valence-corrected chi connectivity index (χ3v) is 10.0. The molecule has 0 aromatic heterocycles. The molecule has 147 valence electrons. The Balaban J connectivity index is 9.41. The minimum atomic E-state index is -1.33. The van der Waals surface area contributed by atoms with Crippen LogP contribution in [0.3, 0.4) is 0 Å². The van der Waals surface area contributed by atoms with Gasteiger partial charge < -0.3 is 0 Å². The third kappa shape index (κ3) is 14.3. The Hall–Kier alpha value is 3.18. The van der Waals surface area contributed by atoms with Gasteiger partial charge in [-0.1, -0.05) is 0 Å². The highest BCUT2D eigenvalue weighted by molar-refractivity contribution is 8.35. The van der Waals surface area contributed by atoms with Crippen LogP contribution in [-0.2, 0) is 0 Å². The molecule has 0 aromatic rings. The first kappa shape index (κ1) is 52.2. The molecule has 0 unspecified atom stereocenters. The van der Waals surface area contributed by atoms with E-state index in [4.69, 9.17) is 193 Å². The fourth-order valence-corrected chi connectivity index (χ4v) is 8.21. The Morgan fingerprint density at radius 3 is 0.449 bits per heavy atom. The summed E-state index contributed by atoms with van der Waals surface area (Å²) in [5.41, 5.74) is 0. The van der Waals surface area contributed by atoms with Gasteiger partial charge in [0.05, 0.1) is 0 Å². The van der Waals surface area contributed by atoms with Gasteiger partial charge in [0.25, 0.3) is 0 Å². The molecule has 0 N–H and O–H groups in total. The van der Waals surface area contributed by atoms with Crippen LogP contribution in [0, 0.1) is 0 Å². The van der Waals surface area contributed by atoms with Crippen LogP contribution in [0.25, 0.3) is 0 Å². The molecule has 0 aromatic carbocycles. The third-order valence-electron chi connectivity index (χ3n) is 10.0. The van der Waals surface area contributed by atoms with E-state index in [1.807, 2.05) is 0 Å². The zero-order valence-electron chi connectivity index (χ0n) is 28.3. The highest BCUT2D eigenvalue weighted by Gasteiger charge is 2.59. The van der Waals surface area contributed by atoms with E-state index < -0.39 is 147 Å². The van der Waals surface area contributed by atoms with Crippen LogP contribution in [0.4, 0.5) is 0 Å². The summed E-state index contributed by atoms with van der Waals surface area (Å²) < 4.78 is 0. The van der Waals surface area contributed by atoms with Crippen molar-refractivity contribution in [2.24, 2.45) is 0 Å². The Bertz CT molecular complexity index is 710. The predicted octanol–water partition coefficient (Wildman–Crippen LogP) is -18.7. The molecule has 0 nitrogen and oxygen atoms in total.